The molecule has 0 bridgehead atoms. The van der Waals surface area contributed by atoms with Crippen LogP contribution in [0.3, 0.4) is 0 Å². The number of benzene rings is 1. The molecule has 92 valence electrons. The topological polar surface area (TPSA) is 67.9 Å². The number of carbonyl (C=O) groups is 1. The molecule has 1 aromatic carbocycles. The van der Waals surface area contributed by atoms with E-state index in [4.69, 9.17) is 4.74 Å². The lowest BCUT2D eigenvalue weighted by Gasteiger charge is -2.07. The molecule has 3 rings (SSSR count). The van der Waals surface area contributed by atoms with Crippen LogP contribution < -0.4 is 4.74 Å². The molecule has 2 heterocycles. The molecule has 1 aromatic heterocycles. The number of aromatic amines is 1. The maximum absolute atomic E-state index is 12.0. The van der Waals surface area contributed by atoms with Crippen molar-refractivity contribution in [3.05, 3.63) is 39.6 Å². The van der Waals surface area contributed by atoms with Crippen LogP contribution in [0.15, 0.2) is 22.8 Å². The fourth-order valence-corrected chi connectivity index (χ4v) is 2.63. The van der Waals surface area contributed by atoms with Crippen LogP contribution in [0.2, 0.25) is 0 Å². The van der Waals surface area contributed by atoms with Gasteiger partial charge in [0.15, 0.2) is 5.78 Å². The van der Waals surface area contributed by atoms with Crippen LogP contribution in [0.1, 0.15) is 21.6 Å². The summed E-state index contributed by atoms with van der Waals surface area (Å²) in [5.74, 6) is 0.773. The number of rotatable bonds is 3. The number of nitrogens with one attached hydrogen (secondary N) is 1. The maximum Gasteiger partial charge on any atom is 0.189 e. The van der Waals surface area contributed by atoms with Gasteiger partial charge in [-0.15, -0.1) is 0 Å². The molecular weight excluding hydrogens is 298 g/mol. The average molecular weight is 308 g/mol. The highest BCUT2D eigenvalue weighted by molar-refractivity contribution is 9.10. The second kappa shape index (κ2) is 4.53. The Hall–Kier alpha value is -1.69. The van der Waals surface area contributed by atoms with Crippen molar-refractivity contribution >= 4 is 21.7 Å². The zero-order valence-electron chi connectivity index (χ0n) is 9.44. The second-order valence-corrected chi connectivity index (χ2v) is 5.02. The van der Waals surface area contributed by atoms with Gasteiger partial charge >= 0.3 is 0 Å². The van der Waals surface area contributed by atoms with Gasteiger partial charge < -0.3 is 4.74 Å². The Labute approximate surface area is 112 Å². The molecule has 0 spiro atoms. The second-order valence-electron chi connectivity index (χ2n) is 4.11. The number of carbonyl (C=O) groups excluding carboxylic acids is 1. The average Bonchev–Trinajstić information content (AvgIpc) is 2.98. The smallest absolute Gasteiger partial charge is 0.189 e. The third-order valence-corrected chi connectivity index (χ3v) is 3.33. The van der Waals surface area contributed by atoms with Crippen LogP contribution in [0, 0.1) is 0 Å². The van der Waals surface area contributed by atoms with Crippen LogP contribution in [0.25, 0.3) is 0 Å². The number of ketones is 1. The third-order valence-electron chi connectivity index (χ3n) is 2.88. The van der Waals surface area contributed by atoms with Crippen molar-refractivity contribution in [2.24, 2.45) is 0 Å². The van der Waals surface area contributed by atoms with Gasteiger partial charge in [0.1, 0.15) is 11.4 Å². The SMILES string of the molecule is O=C(Cc1cc(Br)cc2c1OCC2)c1cn[nH]n1. The molecule has 2 aromatic rings. The van der Waals surface area contributed by atoms with Crippen LogP contribution in [-0.2, 0) is 12.8 Å². The number of aromatic nitrogens is 3. The lowest BCUT2D eigenvalue weighted by molar-refractivity contribution is 0.0987. The third kappa shape index (κ3) is 2.03. The van der Waals surface area contributed by atoms with Gasteiger partial charge in [-0.05, 0) is 17.7 Å². The molecule has 0 radical (unpaired) electrons. The minimum Gasteiger partial charge on any atom is -0.493 e. The Morgan fingerprint density at radius 2 is 2.39 bits per heavy atom. The van der Waals surface area contributed by atoms with Crippen LogP contribution in [0.4, 0.5) is 0 Å². The van der Waals surface area contributed by atoms with E-state index < -0.39 is 0 Å². The molecule has 0 aliphatic carbocycles. The van der Waals surface area contributed by atoms with E-state index in [0.717, 1.165) is 27.8 Å². The van der Waals surface area contributed by atoms with Crippen molar-refractivity contribution in [3.8, 4) is 5.75 Å². The molecular formula is C12H10BrN3O2. The Bertz CT molecular complexity index is 596. The van der Waals surface area contributed by atoms with E-state index in [-0.39, 0.29) is 12.2 Å². The van der Waals surface area contributed by atoms with Gasteiger partial charge in [0.05, 0.1) is 12.8 Å². The number of hydrogen-bond acceptors (Lipinski definition) is 4. The first-order valence-electron chi connectivity index (χ1n) is 5.57. The van der Waals surface area contributed by atoms with Crippen molar-refractivity contribution in [1.82, 2.24) is 15.4 Å². The van der Waals surface area contributed by atoms with E-state index in [1.807, 2.05) is 12.1 Å². The van der Waals surface area contributed by atoms with Crippen molar-refractivity contribution in [3.63, 3.8) is 0 Å². The molecule has 1 N–H and O–H groups in total. The van der Waals surface area contributed by atoms with E-state index >= 15 is 0 Å². The number of fused-ring (bicyclic) bond motifs is 1. The number of nitrogens with zero attached hydrogens (tertiary/aromatic N) is 2. The highest BCUT2D eigenvalue weighted by Gasteiger charge is 2.20. The van der Waals surface area contributed by atoms with Crippen molar-refractivity contribution < 1.29 is 9.53 Å². The zero-order chi connectivity index (χ0) is 12.5. The molecule has 0 unspecified atom stereocenters. The van der Waals surface area contributed by atoms with Gasteiger partial charge in [-0.2, -0.15) is 15.4 Å². The maximum atomic E-state index is 12.0. The first-order valence-corrected chi connectivity index (χ1v) is 6.36. The van der Waals surface area contributed by atoms with Crippen molar-refractivity contribution in [1.29, 1.82) is 0 Å². The van der Waals surface area contributed by atoms with Gasteiger partial charge in [0.25, 0.3) is 0 Å². The summed E-state index contributed by atoms with van der Waals surface area (Å²) in [6, 6.07) is 3.95. The number of ether oxygens (including phenoxy) is 1. The van der Waals surface area contributed by atoms with Gasteiger partial charge in [-0.1, -0.05) is 15.9 Å². The monoisotopic (exact) mass is 307 g/mol. The zero-order valence-corrected chi connectivity index (χ0v) is 11.0. The predicted octanol–water partition coefficient (Wildman–Crippen LogP) is 1.93. The summed E-state index contributed by atoms with van der Waals surface area (Å²) in [4.78, 5) is 12.0. The molecule has 6 heteroatoms. The van der Waals surface area contributed by atoms with E-state index in [2.05, 4.69) is 31.3 Å². The standard InChI is InChI=1S/C12H10BrN3O2/c13-9-3-7-1-2-18-12(7)8(4-9)5-11(17)10-6-14-16-15-10/h3-4,6H,1-2,5H2,(H,14,15,16). The fourth-order valence-electron chi connectivity index (χ4n) is 2.08. The number of halogens is 1. The Morgan fingerprint density at radius 1 is 1.50 bits per heavy atom. The number of H-pyrrole nitrogens is 1. The van der Waals surface area contributed by atoms with Gasteiger partial charge in [0.2, 0.25) is 0 Å². The van der Waals surface area contributed by atoms with Crippen molar-refractivity contribution in [2.75, 3.05) is 6.61 Å². The van der Waals surface area contributed by atoms with E-state index in [0.29, 0.717) is 12.3 Å². The minimum absolute atomic E-state index is 0.0699. The van der Waals surface area contributed by atoms with Gasteiger partial charge in [-0.3, -0.25) is 4.79 Å². The van der Waals surface area contributed by atoms with Crippen LogP contribution in [0.5, 0.6) is 5.75 Å². The Balaban J connectivity index is 1.91. The largest absolute Gasteiger partial charge is 0.493 e. The number of hydrogen-bond donors (Lipinski definition) is 1. The Morgan fingerprint density at radius 3 is 3.17 bits per heavy atom. The molecule has 1 aliphatic rings. The molecule has 0 fully saturated rings. The van der Waals surface area contributed by atoms with Crippen LogP contribution in [-0.4, -0.2) is 27.8 Å². The minimum atomic E-state index is -0.0699. The first kappa shape index (κ1) is 11.4. The molecule has 0 amide bonds. The number of Topliss-reactive ketones (excluding diaryl/α,β-unsaturated/α-hetero) is 1. The quantitative estimate of drug-likeness (QED) is 0.880. The van der Waals surface area contributed by atoms with Gasteiger partial charge in [-0.25, -0.2) is 0 Å². The summed E-state index contributed by atoms with van der Waals surface area (Å²) in [6.07, 6.45) is 2.59. The normalized spacial score (nSPS) is 13.2. The summed E-state index contributed by atoms with van der Waals surface area (Å²) < 4.78 is 6.55. The van der Waals surface area contributed by atoms with E-state index in [1.165, 1.54) is 6.20 Å². The molecule has 0 saturated heterocycles. The Kier molecular flexibility index (Phi) is 2.87. The predicted molar refractivity (Wildman–Crippen MR) is 67.8 cm³/mol. The summed E-state index contributed by atoms with van der Waals surface area (Å²) in [5, 5.41) is 9.87. The molecule has 18 heavy (non-hydrogen) atoms. The molecule has 0 saturated carbocycles. The highest BCUT2D eigenvalue weighted by Crippen LogP contribution is 2.33. The fraction of sp³-hybridized carbons (Fsp3) is 0.250. The lowest BCUT2D eigenvalue weighted by atomic mass is 10.0. The van der Waals surface area contributed by atoms with E-state index in [1.54, 1.807) is 0 Å². The van der Waals surface area contributed by atoms with Crippen LogP contribution >= 0.6 is 15.9 Å². The summed E-state index contributed by atoms with van der Waals surface area (Å²) >= 11 is 3.45. The lowest BCUT2D eigenvalue weighted by Crippen LogP contribution is -2.05. The van der Waals surface area contributed by atoms with Gasteiger partial charge in [0, 0.05) is 22.9 Å². The van der Waals surface area contributed by atoms with Crippen molar-refractivity contribution in [2.45, 2.75) is 12.8 Å². The highest BCUT2D eigenvalue weighted by atomic mass is 79.9. The molecule has 1 aliphatic heterocycles. The van der Waals surface area contributed by atoms with E-state index in [9.17, 15) is 4.79 Å². The summed E-state index contributed by atoms with van der Waals surface area (Å²) in [5.41, 5.74) is 2.39. The first-order chi connectivity index (χ1) is 8.74. The summed E-state index contributed by atoms with van der Waals surface area (Å²) in [7, 11) is 0. The molecule has 5 nitrogen and oxygen atoms in total. The summed E-state index contributed by atoms with van der Waals surface area (Å²) in [6.45, 7) is 0.678. The molecule has 0 atom stereocenters.